The fraction of sp³-hybridized carbons (Fsp3) is 0.415. The van der Waals surface area contributed by atoms with E-state index in [1.165, 1.54) is 4.90 Å². The molecule has 0 aliphatic rings. The molecule has 16 nitrogen and oxygen atoms in total. The number of ether oxygens (including phenoxy) is 1. The number of thiocarbonyl (C=S) groups is 1. The number of rotatable bonds is 27. The smallest absolute Gasteiger partial charge is 0.326 e. The fourth-order valence-corrected chi connectivity index (χ4v) is 10.2. The highest BCUT2D eigenvalue weighted by molar-refractivity contribution is 14.1. The predicted molar refractivity (Wildman–Crippen MR) is 273 cm³/mol. The van der Waals surface area contributed by atoms with Crippen molar-refractivity contribution in [2.45, 2.75) is 50.6 Å². The van der Waals surface area contributed by atoms with Crippen molar-refractivity contribution in [1.82, 2.24) is 25.3 Å². The van der Waals surface area contributed by atoms with Gasteiger partial charge in [-0.3, -0.25) is 24.2 Å². The maximum atomic E-state index is 12.8. The molecule has 3 aromatic rings. The second kappa shape index (κ2) is 27.6. The van der Waals surface area contributed by atoms with Gasteiger partial charge in [0.2, 0.25) is 5.91 Å². The summed E-state index contributed by atoms with van der Waals surface area (Å²) in [7, 11) is 3.70. The molecule has 1 amide bonds. The zero-order chi connectivity index (χ0) is 45.9. The lowest BCUT2D eigenvalue weighted by Crippen LogP contribution is -2.49. The van der Waals surface area contributed by atoms with Gasteiger partial charge in [0, 0.05) is 50.7 Å². The Labute approximate surface area is 420 Å². The molecule has 0 radical (unpaired) electrons. The number of aldehydes is 1. The lowest BCUT2D eigenvalue weighted by molar-refractivity contribution is -0.143. The zero-order valence-electron chi connectivity index (χ0n) is 34.0. The third-order valence-corrected chi connectivity index (χ3v) is 12.8. The number of aromatic hydroxyl groups is 1. The zero-order valence-corrected chi connectivity index (χ0v) is 43.5. The number of amides is 1. The van der Waals surface area contributed by atoms with E-state index in [4.69, 9.17) is 17.0 Å². The summed E-state index contributed by atoms with van der Waals surface area (Å²) >= 11 is 13.8. The minimum Gasteiger partial charge on any atom is -0.506 e. The van der Waals surface area contributed by atoms with Gasteiger partial charge in [0.05, 0.1) is 33.9 Å². The van der Waals surface area contributed by atoms with Gasteiger partial charge in [0.25, 0.3) is 0 Å². The average molecular weight is 1330 g/mol. The predicted octanol–water partition coefficient (Wildman–Crippen LogP) is 5.71. The number of phenols is 1. The van der Waals surface area contributed by atoms with Gasteiger partial charge in [-0.1, -0.05) is 18.6 Å². The van der Waals surface area contributed by atoms with Crippen molar-refractivity contribution in [3.63, 3.8) is 0 Å². The molecule has 0 spiro atoms. The van der Waals surface area contributed by atoms with E-state index in [2.05, 4.69) is 61.1 Å². The number of anilines is 1. The number of carboxylic acids is 3. The number of benzene rings is 3. The van der Waals surface area contributed by atoms with Gasteiger partial charge >= 0.3 is 17.9 Å². The van der Waals surface area contributed by atoms with Gasteiger partial charge in [-0.05, 0) is 183 Å². The number of carbonyl (C=O) groups is 5. The summed E-state index contributed by atoms with van der Waals surface area (Å²) in [5.74, 6) is -2.35. The SMILES string of the molecule is CN(CC=O)CCN(C)CC(Cc1ccc(NC(=S)NCCCCCC(=O)NC(Cc2cc(I)c(Oc3cc(I)c(O)c(I)c3)c(I)c2)C(=O)O)cc1)N(CC(=O)O)CC(=O)O. The van der Waals surface area contributed by atoms with E-state index in [0.29, 0.717) is 75.7 Å². The van der Waals surface area contributed by atoms with Crippen molar-refractivity contribution >= 4 is 143 Å². The van der Waals surface area contributed by atoms with E-state index in [1.54, 1.807) is 12.1 Å². The summed E-state index contributed by atoms with van der Waals surface area (Å²) in [6.45, 7) is 1.61. The monoisotopic (exact) mass is 1330 g/mol. The number of phenolic OH excluding ortho intramolecular Hbond substituents is 1. The number of halogens is 4. The van der Waals surface area contributed by atoms with Gasteiger partial charge < -0.3 is 50.8 Å². The standard InChI is InChI=1S/C41H50I4N6O10S/c1-49(14-15-52)12-13-50(2)22-28(51(23-36(54)55)24-37(56)57)16-25-7-9-27(10-8-25)47-41(62)46-11-5-3-4-6-35(53)48-34(40(59)60)19-26-17-32(44)39(33(45)18-26)61-29-20-30(42)38(58)31(43)21-29/h7-10,15,17-18,20-21,28,34,58H,3-6,11-14,16,19,22-24H2,1-2H3,(H,48,53)(H,54,55)(H,56,57)(H,59,60)(H2,46,47,62). The van der Waals surface area contributed by atoms with Crippen LogP contribution in [0.4, 0.5) is 5.69 Å². The van der Waals surface area contributed by atoms with Crippen LogP contribution in [0.15, 0.2) is 48.5 Å². The first-order valence-corrected chi connectivity index (χ1v) is 24.1. The molecule has 338 valence electrons. The molecule has 2 unspecified atom stereocenters. The van der Waals surface area contributed by atoms with E-state index in [1.807, 2.05) is 105 Å². The van der Waals surface area contributed by atoms with Crippen molar-refractivity contribution in [3.05, 3.63) is 73.9 Å². The second-order valence-corrected chi connectivity index (χ2v) is 19.6. The number of aliphatic carboxylic acids is 3. The first-order valence-electron chi connectivity index (χ1n) is 19.3. The number of unbranched alkanes of at least 4 members (excludes halogenated alkanes) is 2. The van der Waals surface area contributed by atoms with Crippen molar-refractivity contribution in [3.8, 4) is 17.2 Å². The summed E-state index contributed by atoms with van der Waals surface area (Å²) in [5.41, 5.74) is 2.34. The van der Waals surface area contributed by atoms with Crippen molar-refractivity contribution in [1.29, 1.82) is 0 Å². The molecule has 21 heteroatoms. The highest BCUT2D eigenvalue weighted by atomic mass is 127. The number of nitrogens with zero attached hydrogens (tertiary/aromatic N) is 3. The maximum absolute atomic E-state index is 12.8. The van der Waals surface area contributed by atoms with Crippen molar-refractivity contribution in [2.75, 3.05) is 65.2 Å². The van der Waals surface area contributed by atoms with Crippen LogP contribution in [-0.4, -0.2) is 142 Å². The van der Waals surface area contributed by atoms with Gasteiger partial charge in [0.1, 0.15) is 23.8 Å². The van der Waals surface area contributed by atoms with Gasteiger partial charge in [-0.2, -0.15) is 0 Å². The summed E-state index contributed by atoms with van der Waals surface area (Å²) in [6, 6.07) is 13.1. The number of likely N-dealkylation sites (N-methyl/N-ethyl adjacent to an activating group) is 2. The Bertz CT molecular complexity index is 1970. The molecule has 3 rings (SSSR count). The van der Waals surface area contributed by atoms with Crippen LogP contribution in [0.2, 0.25) is 0 Å². The fourth-order valence-electron chi connectivity index (χ4n) is 6.19. The Morgan fingerprint density at radius 1 is 0.806 bits per heavy atom. The Kier molecular flexibility index (Phi) is 23.9. The van der Waals surface area contributed by atoms with Crippen LogP contribution >= 0.6 is 103 Å². The van der Waals surface area contributed by atoms with Crippen LogP contribution in [0.3, 0.4) is 0 Å². The van der Waals surface area contributed by atoms with E-state index in [-0.39, 0.29) is 24.5 Å². The molecule has 62 heavy (non-hydrogen) atoms. The number of carbonyl (C=O) groups excluding carboxylic acids is 2. The number of hydrogen-bond donors (Lipinski definition) is 7. The van der Waals surface area contributed by atoms with E-state index >= 15 is 0 Å². The highest BCUT2D eigenvalue weighted by Crippen LogP contribution is 2.37. The van der Waals surface area contributed by atoms with Crippen LogP contribution < -0.4 is 20.7 Å². The molecular weight excluding hydrogens is 1280 g/mol. The Morgan fingerprint density at radius 3 is 1.97 bits per heavy atom. The molecule has 0 saturated carbocycles. The first-order chi connectivity index (χ1) is 29.3. The lowest BCUT2D eigenvalue weighted by atomic mass is 10.0. The first kappa shape index (κ1) is 53.6. The molecule has 0 aromatic heterocycles. The molecule has 3 aromatic carbocycles. The van der Waals surface area contributed by atoms with Crippen LogP contribution in [-0.2, 0) is 36.8 Å². The number of carboxylic acid groups (broad SMARTS) is 3. The van der Waals surface area contributed by atoms with Crippen molar-refractivity contribution < 1.29 is 49.1 Å². The van der Waals surface area contributed by atoms with E-state index < -0.39 is 43.1 Å². The second-order valence-electron chi connectivity index (χ2n) is 14.5. The Balaban J connectivity index is 1.44. The molecule has 0 aliphatic carbocycles. The summed E-state index contributed by atoms with van der Waals surface area (Å²) in [4.78, 5) is 64.3. The molecule has 0 heterocycles. The third-order valence-electron chi connectivity index (χ3n) is 9.36. The van der Waals surface area contributed by atoms with Gasteiger partial charge in [0.15, 0.2) is 10.9 Å². The van der Waals surface area contributed by atoms with Crippen LogP contribution in [0.1, 0.15) is 36.8 Å². The Hall–Kier alpha value is -2.70. The summed E-state index contributed by atoms with van der Waals surface area (Å²) in [6.07, 6.45) is 3.48. The topological polar surface area (TPSA) is 221 Å². The van der Waals surface area contributed by atoms with Crippen LogP contribution in [0.25, 0.3) is 0 Å². The molecule has 0 aliphatic heterocycles. The number of nitrogens with one attached hydrogen (secondary N) is 3. The van der Waals surface area contributed by atoms with Gasteiger partial charge in [-0.15, -0.1) is 0 Å². The average Bonchev–Trinajstić information content (AvgIpc) is 3.18. The normalized spacial score (nSPS) is 12.2. The molecular formula is C41H50I4N6O10S. The van der Waals surface area contributed by atoms with Crippen molar-refractivity contribution in [2.24, 2.45) is 0 Å². The summed E-state index contributed by atoms with van der Waals surface area (Å²) in [5, 5.41) is 48.4. The van der Waals surface area contributed by atoms with Crippen LogP contribution in [0, 0.1) is 14.3 Å². The van der Waals surface area contributed by atoms with Crippen LogP contribution in [0.5, 0.6) is 17.2 Å². The minimum atomic E-state index is -1.13. The van der Waals surface area contributed by atoms with E-state index in [0.717, 1.165) is 36.7 Å². The number of hydrogen-bond acceptors (Lipinski definition) is 11. The van der Waals surface area contributed by atoms with Gasteiger partial charge in [-0.25, -0.2) is 4.79 Å². The lowest BCUT2D eigenvalue weighted by Gasteiger charge is -2.33. The molecule has 2 atom stereocenters. The molecule has 7 N–H and O–H groups in total. The largest absolute Gasteiger partial charge is 0.506 e. The quantitative estimate of drug-likeness (QED) is 0.0211. The minimum absolute atomic E-state index is 0.0962. The summed E-state index contributed by atoms with van der Waals surface area (Å²) < 4.78 is 8.99. The van der Waals surface area contributed by atoms with E-state index in [9.17, 15) is 44.4 Å². The Morgan fingerprint density at radius 2 is 1.40 bits per heavy atom. The molecule has 0 bridgehead atoms. The molecule has 0 saturated heterocycles. The third kappa shape index (κ3) is 19.6. The maximum Gasteiger partial charge on any atom is 0.326 e. The molecule has 0 fully saturated rings. The highest BCUT2D eigenvalue weighted by Gasteiger charge is 2.26.